The fraction of sp³-hybridized carbons (Fsp3) is 0.154. The van der Waals surface area contributed by atoms with Crippen LogP contribution in [0.5, 0.6) is 0 Å². The zero-order valence-corrected chi connectivity index (χ0v) is 23.2. The summed E-state index contributed by atoms with van der Waals surface area (Å²) < 4.78 is 1.90. The molecular formula is C26H22ClI2N3O2. The number of nitrogens with one attached hydrogen (secondary N) is 1. The van der Waals surface area contributed by atoms with Crippen LogP contribution in [0.15, 0.2) is 72.8 Å². The number of nitrogens with zero attached hydrogens (tertiary/aromatic N) is 2. The lowest BCUT2D eigenvalue weighted by Crippen LogP contribution is -2.48. The molecule has 0 aromatic heterocycles. The van der Waals surface area contributed by atoms with E-state index in [0.717, 1.165) is 18.4 Å². The van der Waals surface area contributed by atoms with E-state index in [0.29, 0.717) is 42.5 Å². The lowest BCUT2D eigenvalue weighted by Gasteiger charge is -2.36. The summed E-state index contributed by atoms with van der Waals surface area (Å²) in [6.07, 6.45) is 3.47. The van der Waals surface area contributed by atoms with Crippen molar-refractivity contribution < 1.29 is 9.59 Å². The Morgan fingerprint density at radius 2 is 1.65 bits per heavy atom. The van der Waals surface area contributed by atoms with Crippen molar-refractivity contribution in [1.29, 1.82) is 0 Å². The fourth-order valence-electron chi connectivity index (χ4n) is 3.72. The Balaban J connectivity index is 1.35. The topological polar surface area (TPSA) is 52.7 Å². The normalized spacial score (nSPS) is 13.9. The zero-order valence-electron chi connectivity index (χ0n) is 18.2. The van der Waals surface area contributed by atoms with Gasteiger partial charge >= 0.3 is 0 Å². The highest BCUT2D eigenvalue weighted by Gasteiger charge is 2.21. The molecule has 1 N–H and O–H groups in total. The third kappa shape index (κ3) is 6.31. The van der Waals surface area contributed by atoms with Gasteiger partial charge in [-0.05, 0) is 93.2 Å². The molecule has 4 rings (SSSR count). The number of rotatable bonds is 5. The van der Waals surface area contributed by atoms with Crippen molar-refractivity contribution in [2.24, 2.45) is 0 Å². The molecule has 2 amide bonds. The second-order valence-electron chi connectivity index (χ2n) is 7.80. The molecular weight excluding hydrogens is 676 g/mol. The number of hydrogen-bond acceptors (Lipinski definition) is 3. The third-order valence-electron chi connectivity index (χ3n) is 5.53. The maximum absolute atomic E-state index is 12.7. The summed E-state index contributed by atoms with van der Waals surface area (Å²) in [4.78, 5) is 29.3. The number of amides is 2. The number of anilines is 2. The Morgan fingerprint density at radius 3 is 2.35 bits per heavy atom. The Kier molecular flexibility index (Phi) is 8.49. The number of benzene rings is 3. The largest absolute Gasteiger partial charge is 0.367 e. The van der Waals surface area contributed by atoms with E-state index in [4.69, 9.17) is 11.6 Å². The van der Waals surface area contributed by atoms with Crippen molar-refractivity contribution in [3.8, 4) is 0 Å². The Hall–Kier alpha value is -2.11. The van der Waals surface area contributed by atoms with Crippen molar-refractivity contribution in [3.05, 3.63) is 96.1 Å². The van der Waals surface area contributed by atoms with E-state index >= 15 is 0 Å². The number of hydrogen-bond donors (Lipinski definition) is 1. The standard InChI is InChI=1S/C26H22ClI2N3O2/c27-22-17-20(30-26(34)21-16-19(28)7-9-23(21)29)8-10-24(22)31-12-14-32(15-13-31)25(33)11-6-18-4-2-1-3-5-18/h1-11,16-17H,12-15H2,(H,30,34)/b11-6+. The zero-order chi connectivity index (χ0) is 24.1. The summed E-state index contributed by atoms with van der Waals surface area (Å²) in [5, 5.41) is 3.50. The minimum absolute atomic E-state index is 0.0119. The first-order valence-electron chi connectivity index (χ1n) is 10.7. The maximum Gasteiger partial charge on any atom is 0.256 e. The maximum atomic E-state index is 12.7. The number of halogens is 3. The van der Waals surface area contributed by atoms with Crippen molar-refractivity contribution in [3.63, 3.8) is 0 Å². The first-order valence-corrected chi connectivity index (χ1v) is 13.3. The SMILES string of the molecule is O=C(Nc1ccc(N2CCN(C(=O)/C=C/c3ccccc3)CC2)c(Cl)c1)c1cc(I)ccc1I. The molecule has 0 saturated carbocycles. The first-order chi connectivity index (χ1) is 16.4. The van der Waals surface area contributed by atoms with Crippen LogP contribution in [0.4, 0.5) is 11.4 Å². The fourth-order valence-corrected chi connectivity index (χ4v) is 5.09. The van der Waals surface area contributed by atoms with E-state index in [-0.39, 0.29) is 11.8 Å². The summed E-state index contributed by atoms with van der Waals surface area (Å²) in [7, 11) is 0. The summed E-state index contributed by atoms with van der Waals surface area (Å²) in [5.41, 5.74) is 3.18. The van der Waals surface area contributed by atoms with E-state index in [1.165, 1.54) is 0 Å². The second kappa shape index (κ2) is 11.5. The minimum Gasteiger partial charge on any atom is -0.367 e. The summed E-state index contributed by atoms with van der Waals surface area (Å²) >= 11 is 10.9. The van der Waals surface area contributed by atoms with Gasteiger partial charge in [-0.2, -0.15) is 0 Å². The highest BCUT2D eigenvalue weighted by molar-refractivity contribution is 14.1. The summed E-state index contributed by atoms with van der Waals surface area (Å²) in [6, 6.07) is 21.1. The Bertz CT molecular complexity index is 1230. The van der Waals surface area contributed by atoms with Gasteiger partial charge in [0.15, 0.2) is 0 Å². The minimum atomic E-state index is -0.164. The molecule has 0 aliphatic carbocycles. The van der Waals surface area contributed by atoms with Gasteiger partial charge in [-0.1, -0.05) is 41.9 Å². The van der Waals surface area contributed by atoms with Crippen LogP contribution in [0.25, 0.3) is 6.08 Å². The van der Waals surface area contributed by atoms with Crippen LogP contribution in [-0.2, 0) is 4.79 Å². The number of piperazine rings is 1. The number of carbonyl (C=O) groups excluding carboxylic acids is 2. The van der Waals surface area contributed by atoms with Gasteiger partial charge in [0, 0.05) is 45.1 Å². The van der Waals surface area contributed by atoms with Crippen molar-refractivity contribution in [2.75, 3.05) is 36.4 Å². The van der Waals surface area contributed by atoms with Gasteiger partial charge in [-0.3, -0.25) is 9.59 Å². The van der Waals surface area contributed by atoms with Crippen LogP contribution >= 0.6 is 56.8 Å². The van der Waals surface area contributed by atoms with Crippen LogP contribution in [0.2, 0.25) is 5.02 Å². The summed E-state index contributed by atoms with van der Waals surface area (Å²) in [5.74, 6) is -0.153. The highest BCUT2D eigenvalue weighted by atomic mass is 127. The quantitative estimate of drug-likeness (QED) is 0.257. The molecule has 1 heterocycles. The monoisotopic (exact) mass is 697 g/mol. The molecule has 0 bridgehead atoms. The van der Waals surface area contributed by atoms with Gasteiger partial charge in [-0.15, -0.1) is 0 Å². The highest BCUT2D eigenvalue weighted by Crippen LogP contribution is 2.30. The molecule has 1 aliphatic heterocycles. The third-order valence-corrected chi connectivity index (χ3v) is 7.44. The van der Waals surface area contributed by atoms with E-state index in [2.05, 4.69) is 55.4 Å². The van der Waals surface area contributed by atoms with E-state index in [1.54, 1.807) is 12.1 Å². The van der Waals surface area contributed by atoms with E-state index < -0.39 is 0 Å². The molecule has 0 radical (unpaired) electrons. The number of carbonyl (C=O) groups is 2. The van der Waals surface area contributed by atoms with Crippen LogP contribution < -0.4 is 10.2 Å². The Labute approximate surface area is 231 Å². The molecule has 1 saturated heterocycles. The van der Waals surface area contributed by atoms with Crippen LogP contribution in [-0.4, -0.2) is 42.9 Å². The molecule has 1 fully saturated rings. The predicted octanol–water partition coefficient (Wildman–Crippen LogP) is 6.16. The molecule has 174 valence electrons. The lowest BCUT2D eigenvalue weighted by atomic mass is 10.2. The van der Waals surface area contributed by atoms with E-state index in [1.807, 2.05) is 71.6 Å². The molecule has 0 unspecified atom stereocenters. The van der Waals surface area contributed by atoms with Gasteiger partial charge in [0.25, 0.3) is 5.91 Å². The molecule has 3 aromatic carbocycles. The second-order valence-corrected chi connectivity index (χ2v) is 10.6. The molecule has 0 spiro atoms. The van der Waals surface area contributed by atoms with Crippen LogP contribution in [0, 0.1) is 7.14 Å². The lowest BCUT2D eigenvalue weighted by molar-refractivity contribution is -0.126. The molecule has 5 nitrogen and oxygen atoms in total. The van der Waals surface area contributed by atoms with Crippen LogP contribution in [0.3, 0.4) is 0 Å². The smallest absolute Gasteiger partial charge is 0.256 e. The average Bonchev–Trinajstić information content (AvgIpc) is 2.85. The Morgan fingerprint density at radius 1 is 0.912 bits per heavy atom. The predicted molar refractivity (Wildman–Crippen MR) is 156 cm³/mol. The summed E-state index contributed by atoms with van der Waals surface area (Å²) in [6.45, 7) is 2.63. The first kappa shape index (κ1) is 25.0. The van der Waals surface area contributed by atoms with Gasteiger partial charge in [-0.25, -0.2) is 0 Å². The average molecular weight is 698 g/mol. The molecule has 34 heavy (non-hydrogen) atoms. The molecule has 1 aliphatic rings. The van der Waals surface area contributed by atoms with Gasteiger partial charge in [0.2, 0.25) is 5.91 Å². The van der Waals surface area contributed by atoms with Gasteiger partial charge in [0.1, 0.15) is 0 Å². The van der Waals surface area contributed by atoms with Crippen molar-refractivity contribution >= 4 is 86.0 Å². The van der Waals surface area contributed by atoms with Gasteiger partial charge < -0.3 is 15.1 Å². The van der Waals surface area contributed by atoms with Crippen LogP contribution in [0.1, 0.15) is 15.9 Å². The molecule has 8 heteroatoms. The van der Waals surface area contributed by atoms with Crippen molar-refractivity contribution in [2.45, 2.75) is 0 Å². The molecule has 3 aromatic rings. The molecule has 0 atom stereocenters. The van der Waals surface area contributed by atoms with Gasteiger partial charge in [0.05, 0.1) is 16.3 Å². The van der Waals surface area contributed by atoms with E-state index in [9.17, 15) is 9.59 Å². The van der Waals surface area contributed by atoms with Crippen molar-refractivity contribution in [1.82, 2.24) is 4.90 Å².